The highest BCUT2D eigenvalue weighted by atomic mass is 32.2. The minimum Gasteiger partial charge on any atom is -0.326 e. The number of imidazole rings is 1. The van der Waals surface area contributed by atoms with Gasteiger partial charge in [-0.15, -0.1) is 0 Å². The van der Waals surface area contributed by atoms with E-state index in [1.54, 1.807) is 12.1 Å². The number of piperidine rings is 1. The summed E-state index contributed by atoms with van der Waals surface area (Å²) in [5.41, 5.74) is 3.25. The number of aromatic nitrogens is 2. The number of likely N-dealkylation sites (tertiary alicyclic amines) is 1. The van der Waals surface area contributed by atoms with Gasteiger partial charge >= 0.3 is 0 Å². The zero-order chi connectivity index (χ0) is 26.1. The zero-order valence-electron chi connectivity index (χ0n) is 21.8. The second-order valence-electron chi connectivity index (χ2n) is 10.8. The van der Waals surface area contributed by atoms with E-state index in [2.05, 4.69) is 53.4 Å². The van der Waals surface area contributed by atoms with Gasteiger partial charge in [0.1, 0.15) is 5.82 Å². The predicted octanol–water partition coefficient (Wildman–Crippen LogP) is 4.26. The highest BCUT2D eigenvalue weighted by molar-refractivity contribution is 7.89. The van der Waals surface area contributed by atoms with Crippen molar-refractivity contribution in [3.8, 4) is 0 Å². The molecule has 2 aromatic carbocycles. The van der Waals surface area contributed by atoms with Crippen molar-refractivity contribution in [2.45, 2.75) is 76.4 Å². The molecule has 1 atom stereocenters. The number of nitrogens with one attached hydrogen (secondary N) is 2. The molecule has 0 aliphatic carbocycles. The highest BCUT2D eigenvalue weighted by Gasteiger charge is 2.27. The molecule has 2 heterocycles. The number of likely N-dealkylation sites (N-methyl/N-ethyl adjacent to an activating group) is 1. The van der Waals surface area contributed by atoms with Gasteiger partial charge in [0.05, 0.1) is 15.9 Å². The van der Waals surface area contributed by atoms with Gasteiger partial charge in [-0.1, -0.05) is 33.3 Å². The topological polar surface area (TPSA) is 96.3 Å². The molecule has 3 aromatic rings. The summed E-state index contributed by atoms with van der Waals surface area (Å²) in [5.74, 6) is 0.843. The molecule has 194 valence electrons. The molecule has 36 heavy (non-hydrogen) atoms. The van der Waals surface area contributed by atoms with Gasteiger partial charge in [-0.25, -0.2) is 18.1 Å². The molecule has 2 N–H and O–H groups in total. The quantitative estimate of drug-likeness (QED) is 0.494. The Kier molecular flexibility index (Phi) is 7.54. The molecule has 0 radical (unpaired) electrons. The van der Waals surface area contributed by atoms with Crippen molar-refractivity contribution in [3.63, 3.8) is 0 Å². The van der Waals surface area contributed by atoms with Crippen LogP contribution in [0.3, 0.4) is 0 Å². The van der Waals surface area contributed by atoms with Crippen LogP contribution in [-0.2, 0) is 33.3 Å². The van der Waals surface area contributed by atoms with Crippen LogP contribution in [0.4, 0.5) is 5.69 Å². The summed E-state index contributed by atoms with van der Waals surface area (Å²) < 4.78 is 30.7. The fourth-order valence-electron chi connectivity index (χ4n) is 4.81. The lowest BCUT2D eigenvalue weighted by Crippen LogP contribution is -2.40. The summed E-state index contributed by atoms with van der Waals surface area (Å²) >= 11 is 0. The van der Waals surface area contributed by atoms with E-state index < -0.39 is 10.0 Å². The lowest BCUT2D eigenvalue weighted by molar-refractivity contribution is -0.114. The SMILES string of the molecule is CC(=O)Nc1ccc(S(=O)(=O)NCc2ccc3c(c2)nc(C(C)(C)C)n3C[C@H]2CCCCN2C)cc1. The number of sulfonamides is 1. The molecular weight excluding hydrogens is 474 g/mol. The molecule has 1 aliphatic rings. The van der Waals surface area contributed by atoms with Gasteiger partial charge in [0, 0.05) is 37.2 Å². The molecule has 0 bridgehead atoms. The predicted molar refractivity (Wildman–Crippen MR) is 143 cm³/mol. The molecule has 8 nitrogen and oxygen atoms in total. The third-order valence-corrected chi connectivity index (χ3v) is 8.17. The Bertz CT molecular complexity index is 1340. The molecule has 0 spiro atoms. The number of nitrogens with zero attached hydrogens (tertiary/aromatic N) is 3. The molecular formula is C27H37N5O3S. The number of rotatable bonds is 7. The van der Waals surface area contributed by atoms with Crippen molar-refractivity contribution in [2.75, 3.05) is 18.9 Å². The van der Waals surface area contributed by atoms with Crippen LogP contribution in [0, 0.1) is 0 Å². The van der Waals surface area contributed by atoms with Crippen LogP contribution in [0.1, 0.15) is 58.3 Å². The first kappa shape index (κ1) is 26.3. The maximum atomic E-state index is 12.8. The summed E-state index contributed by atoms with van der Waals surface area (Å²) in [5, 5.41) is 2.64. The van der Waals surface area contributed by atoms with Gasteiger partial charge in [0.15, 0.2) is 0 Å². The van der Waals surface area contributed by atoms with Crippen LogP contribution in [0.15, 0.2) is 47.4 Å². The van der Waals surface area contributed by atoms with Gasteiger partial charge in [0.2, 0.25) is 15.9 Å². The monoisotopic (exact) mass is 511 g/mol. The van der Waals surface area contributed by atoms with E-state index in [4.69, 9.17) is 4.98 Å². The van der Waals surface area contributed by atoms with E-state index in [1.807, 2.05) is 12.1 Å². The van der Waals surface area contributed by atoms with E-state index in [9.17, 15) is 13.2 Å². The van der Waals surface area contributed by atoms with Gasteiger partial charge < -0.3 is 14.8 Å². The Balaban J connectivity index is 1.55. The number of carbonyl (C=O) groups excluding carboxylic acids is 1. The Morgan fingerprint density at radius 2 is 1.83 bits per heavy atom. The van der Waals surface area contributed by atoms with Crippen LogP contribution in [0.25, 0.3) is 11.0 Å². The van der Waals surface area contributed by atoms with Gasteiger partial charge in [0.25, 0.3) is 0 Å². The fraction of sp³-hybridized carbons (Fsp3) is 0.481. The van der Waals surface area contributed by atoms with E-state index in [0.717, 1.165) is 35.5 Å². The molecule has 1 aliphatic heterocycles. The largest absolute Gasteiger partial charge is 0.326 e. The normalized spacial score (nSPS) is 17.4. The van der Waals surface area contributed by atoms with Crippen LogP contribution in [-0.4, -0.2) is 48.4 Å². The van der Waals surface area contributed by atoms with Gasteiger partial charge in [-0.2, -0.15) is 0 Å². The van der Waals surface area contributed by atoms with Crippen LogP contribution < -0.4 is 10.0 Å². The van der Waals surface area contributed by atoms with E-state index >= 15 is 0 Å². The van der Waals surface area contributed by atoms with E-state index in [1.165, 1.54) is 38.3 Å². The third kappa shape index (κ3) is 5.96. The maximum absolute atomic E-state index is 12.8. The molecule has 0 unspecified atom stereocenters. The van der Waals surface area contributed by atoms with Crippen molar-refractivity contribution in [3.05, 3.63) is 53.9 Å². The number of fused-ring (bicyclic) bond motifs is 1. The molecule has 1 aromatic heterocycles. The lowest BCUT2D eigenvalue weighted by atomic mass is 9.95. The van der Waals surface area contributed by atoms with Crippen LogP contribution in [0.2, 0.25) is 0 Å². The maximum Gasteiger partial charge on any atom is 0.240 e. The summed E-state index contributed by atoms with van der Waals surface area (Å²) in [4.78, 5) is 18.8. The molecule has 0 saturated carbocycles. The third-order valence-electron chi connectivity index (χ3n) is 6.75. The molecule has 4 rings (SSSR count). The van der Waals surface area contributed by atoms with Gasteiger partial charge in [-0.3, -0.25) is 4.79 Å². The Morgan fingerprint density at radius 3 is 2.47 bits per heavy atom. The Labute approximate surface area is 214 Å². The average molecular weight is 512 g/mol. The van der Waals surface area contributed by atoms with Crippen LogP contribution >= 0.6 is 0 Å². The van der Waals surface area contributed by atoms with Crippen molar-refractivity contribution in [2.24, 2.45) is 0 Å². The molecule has 1 saturated heterocycles. The standard InChI is InChI=1S/C27H37N5O3S/c1-19(33)29-21-10-12-23(13-11-21)36(34,35)28-17-20-9-14-25-24(16-20)30-26(27(2,3)4)32(25)18-22-8-6-7-15-31(22)5/h9-14,16,22,28H,6-8,15,17-18H2,1-5H3,(H,29,33)/t22-/m1/s1. The summed E-state index contributed by atoms with van der Waals surface area (Å²) in [7, 11) is -1.50. The number of benzene rings is 2. The van der Waals surface area contributed by atoms with Crippen LogP contribution in [0.5, 0.6) is 0 Å². The Hall–Kier alpha value is -2.75. The summed E-state index contributed by atoms with van der Waals surface area (Å²) in [6.07, 6.45) is 3.70. The van der Waals surface area contributed by atoms with E-state index in [0.29, 0.717) is 11.7 Å². The van der Waals surface area contributed by atoms with E-state index in [-0.39, 0.29) is 22.8 Å². The minimum absolute atomic E-state index is 0.114. The first-order chi connectivity index (χ1) is 16.9. The molecule has 9 heteroatoms. The van der Waals surface area contributed by atoms with Gasteiger partial charge in [-0.05, 0) is 68.4 Å². The number of hydrogen-bond donors (Lipinski definition) is 2. The zero-order valence-corrected chi connectivity index (χ0v) is 22.7. The van der Waals surface area contributed by atoms with Crippen molar-refractivity contribution < 1.29 is 13.2 Å². The number of amides is 1. The second kappa shape index (κ2) is 10.3. The minimum atomic E-state index is -3.70. The smallest absolute Gasteiger partial charge is 0.240 e. The molecule has 1 fully saturated rings. The lowest BCUT2D eigenvalue weighted by Gasteiger charge is -2.34. The second-order valence-corrected chi connectivity index (χ2v) is 12.5. The number of hydrogen-bond acceptors (Lipinski definition) is 5. The van der Waals surface area contributed by atoms with Crippen molar-refractivity contribution >= 4 is 32.7 Å². The summed E-state index contributed by atoms with van der Waals surface area (Å²) in [6, 6.07) is 12.6. The number of anilines is 1. The van der Waals surface area contributed by atoms with Crippen molar-refractivity contribution in [1.29, 1.82) is 0 Å². The molecule has 1 amide bonds. The first-order valence-electron chi connectivity index (χ1n) is 12.5. The van der Waals surface area contributed by atoms with Crippen molar-refractivity contribution in [1.82, 2.24) is 19.2 Å². The summed E-state index contributed by atoms with van der Waals surface area (Å²) in [6.45, 7) is 10.1. The fourth-order valence-corrected chi connectivity index (χ4v) is 5.83. The highest BCUT2D eigenvalue weighted by Crippen LogP contribution is 2.29. The number of carbonyl (C=O) groups is 1. The Morgan fingerprint density at radius 1 is 1.11 bits per heavy atom. The average Bonchev–Trinajstić information content (AvgIpc) is 3.17. The first-order valence-corrected chi connectivity index (χ1v) is 14.0.